The Balaban J connectivity index is 1.47. The molecule has 0 radical (unpaired) electrons. The topological polar surface area (TPSA) is 72.9 Å². The Morgan fingerprint density at radius 1 is 1.14 bits per heavy atom. The lowest BCUT2D eigenvalue weighted by molar-refractivity contribution is -0.130. The SMILES string of the molecule is CC(=O)NC1CCN(C[C@@]2(O)CCCN(C(=O)Cc3ccc(F)cc3)CC2)CC1. The smallest absolute Gasteiger partial charge is 0.226 e. The fourth-order valence-electron chi connectivity index (χ4n) is 4.41. The fourth-order valence-corrected chi connectivity index (χ4v) is 4.41. The highest BCUT2D eigenvalue weighted by molar-refractivity contribution is 5.78. The first-order chi connectivity index (χ1) is 13.8. The minimum absolute atomic E-state index is 0.0104. The van der Waals surface area contributed by atoms with Gasteiger partial charge in [-0.3, -0.25) is 9.59 Å². The number of nitrogens with zero attached hydrogens (tertiary/aromatic N) is 2. The molecule has 29 heavy (non-hydrogen) atoms. The number of hydrogen-bond acceptors (Lipinski definition) is 4. The van der Waals surface area contributed by atoms with Gasteiger partial charge in [-0.25, -0.2) is 4.39 Å². The zero-order valence-electron chi connectivity index (χ0n) is 17.2. The van der Waals surface area contributed by atoms with Crippen LogP contribution in [0.15, 0.2) is 24.3 Å². The van der Waals surface area contributed by atoms with Gasteiger partial charge in [0, 0.05) is 45.7 Å². The van der Waals surface area contributed by atoms with E-state index in [4.69, 9.17) is 0 Å². The van der Waals surface area contributed by atoms with Gasteiger partial charge in [-0.1, -0.05) is 12.1 Å². The molecule has 1 atom stereocenters. The lowest BCUT2D eigenvalue weighted by Gasteiger charge is -2.38. The third-order valence-electron chi connectivity index (χ3n) is 6.05. The van der Waals surface area contributed by atoms with Crippen LogP contribution in [0.25, 0.3) is 0 Å². The minimum atomic E-state index is -0.786. The van der Waals surface area contributed by atoms with E-state index in [-0.39, 0.29) is 30.1 Å². The number of carbonyl (C=O) groups is 2. The predicted molar refractivity (Wildman–Crippen MR) is 109 cm³/mol. The van der Waals surface area contributed by atoms with Crippen molar-refractivity contribution in [2.75, 3.05) is 32.7 Å². The first-order valence-electron chi connectivity index (χ1n) is 10.6. The monoisotopic (exact) mass is 405 g/mol. The molecule has 2 N–H and O–H groups in total. The summed E-state index contributed by atoms with van der Waals surface area (Å²) in [5.74, 6) is -0.268. The highest BCUT2D eigenvalue weighted by Gasteiger charge is 2.34. The molecule has 0 aliphatic carbocycles. The van der Waals surface area contributed by atoms with Crippen LogP contribution in [-0.2, 0) is 16.0 Å². The number of carbonyl (C=O) groups excluding carboxylic acids is 2. The van der Waals surface area contributed by atoms with Crippen molar-refractivity contribution < 1.29 is 19.1 Å². The average molecular weight is 406 g/mol. The van der Waals surface area contributed by atoms with E-state index in [0.717, 1.165) is 37.9 Å². The summed E-state index contributed by atoms with van der Waals surface area (Å²) in [6.07, 6.45) is 4.08. The third kappa shape index (κ3) is 6.51. The van der Waals surface area contributed by atoms with Gasteiger partial charge in [0.25, 0.3) is 0 Å². The maximum atomic E-state index is 13.0. The number of benzene rings is 1. The second-order valence-corrected chi connectivity index (χ2v) is 8.51. The van der Waals surface area contributed by atoms with E-state index in [0.29, 0.717) is 32.5 Å². The summed E-state index contributed by atoms with van der Waals surface area (Å²) in [7, 11) is 0. The van der Waals surface area contributed by atoms with Crippen molar-refractivity contribution in [3.8, 4) is 0 Å². The van der Waals surface area contributed by atoms with Crippen molar-refractivity contribution in [1.29, 1.82) is 0 Å². The number of hydrogen-bond donors (Lipinski definition) is 2. The van der Waals surface area contributed by atoms with Crippen molar-refractivity contribution in [2.24, 2.45) is 0 Å². The van der Waals surface area contributed by atoms with Gasteiger partial charge in [0.15, 0.2) is 0 Å². The number of nitrogens with one attached hydrogen (secondary N) is 1. The summed E-state index contributed by atoms with van der Waals surface area (Å²) >= 11 is 0. The molecule has 0 spiro atoms. The number of likely N-dealkylation sites (tertiary alicyclic amines) is 2. The molecule has 2 aliphatic rings. The lowest BCUT2D eigenvalue weighted by Crippen LogP contribution is -2.50. The van der Waals surface area contributed by atoms with Crippen LogP contribution >= 0.6 is 0 Å². The molecule has 3 rings (SSSR count). The maximum Gasteiger partial charge on any atom is 0.226 e. The summed E-state index contributed by atoms with van der Waals surface area (Å²) in [4.78, 5) is 27.9. The van der Waals surface area contributed by atoms with Gasteiger partial charge < -0.3 is 20.2 Å². The number of amides is 2. The normalized spacial score (nSPS) is 24.2. The predicted octanol–water partition coefficient (Wildman–Crippen LogP) is 1.71. The molecule has 2 amide bonds. The molecule has 2 fully saturated rings. The Bertz CT molecular complexity index is 704. The molecule has 2 aliphatic heterocycles. The number of piperidine rings is 1. The van der Waals surface area contributed by atoms with E-state index in [9.17, 15) is 19.1 Å². The van der Waals surface area contributed by atoms with E-state index in [1.807, 2.05) is 4.90 Å². The molecule has 160 valence electrons. The second-order valence-electron chi connectivity index (χ2n) is 8.51. The Morgan fingerprint density at radius 2 is 1.83 bits per heavy atom. The summed E-state index contributed by atoms with van der Waals surface area (Å²) in [5, 5.41) is 14.1. The molecule has 1 aromatic carbocycles. The second kappa shape index (κ2) is 9.67. The molecular weight excluding hydrogens is 373 g/mol. The molecule has 2 saturated heterocycles. The third-order valence-corrected chi connectivity index (χ3v) is 6.05. The zero-order chi connectivity index (χ0) is 20.9. The van der Waals surface area contributed by atoms with Crippen LogP contribution in [-0.4, -0.2) is 71.1 Å². The molecule has 0 aromatic heterocycles. The molecule has 0 unspecified atom stereocenters. The summed E-state index contributed by atoms with van der Waals surface area (Å²) in [5.41, 5.74) is 0.0177. The fraction of sp³-hybridized carbons (Fsp3) is 0.636. The van der Waals surface area contributed by atoms with Crippen molar-refractivity contribution >= 4 is 11.8 Å². The molecule has 7 heteroatoms. The number of halogens is 1. The summed E-state index contributed by atoms with van der Waals surface area (Å²) < 4.78 is 13.0. The van der Waals surface area contributed by atoms with Gasteiger partial charge in [-0.15, -0.1) is 0 Å². The van der Waals surface area contributed by atoms with Crippen LogP contribution in [0.5, 0.6) is 0 Å². The van der Waals surface area contributed by atoms with Crippen molar-refractivity contribution in [3.63, 3.8) is 0 Å². The van der Waals surface area contributed by atoms with Gasteiger partial charge >= 0.3 is 0 Å². The molecule has 1 aromatic rings. The van der Waals surface area contributed by atoms with E-state index in [2.05, 4.69) is 10.2 Å². The van der Waals surface area contributed by atoms with Gasteiger partial charge in [0.1, 0.15) is 5.82 Å². The number of rotatable bonds is 5. The van der Waals surface area contributed by atoms with E-state index in [1.165, 1.54) is 12.1 Å². The van der Waals surface area contributed by atoms with Crippen LogP contribution in [0, 0.1) is 5.82 Å². The number of β-amino-alcohol motifs (C(OH)–C–C–N with tert-alkyl or cyclic N) is 1. The Labute approximate surface area is 172 Å². The van der Waals surface area contributed by atoms with Crippen molar-refractivity contribution in [1.82, 2.24) is 15.1 Å². The quantitative estimate of drug-likeness (QED) is 0.782. The molecule has 0 bridgehead atoms. The number of aliphatic hydroxyl groups is 1. The molecule has 2 heterocycles. The Kier molecular flexibility index (Phi) is 7.24. The minimum Gasteiger partial charge on any atom is -0.388 e. The van der Waals surface area contributed by atoms with Crippen molar-refractivity contribution in [2.45, 2.75) is 57.1 Å². The van der Waals surface area contributed by atoms with Crippen LogP contribution in [0.3, 0.4) is 0 Å². The van der Waals surface area contributed by atoms with Gasteiger partial charge in [0.05, 0.1) is 12.0 Å². The molecule has 0 saturated carbocycles. The first-order valence-corrected chi connectivity index (χ1v) is 10.6. The highest BCUT2D eigenvalue weighted by atomic mass is 19.1. The van der Waals surface area contributed by atoms with Gasteiger partial charge in [0.2, 0.25) is 11.8 Å². The van der Waals surface area contributed by atoms with Gasteiger partial charge in [-0.2, -0.15) is 0 Å². The van der Waals surface area contributed by atoms with Crippen LogP contribution in [0.2, 0.25) is 0 Å². The van der Waals surface area contributed by atoms with Crippen LogP contribution < -0.4 is 5.32 Å². The van der Waals surface area contributed by atoms with E-state index in [1.54, 1.807) is 19.1 Å². The van der Waals surface area contributed by atoms with Crippen molar-refractivity contribution in [3.05, 3.63) is 35.6 Å². The highest BCUT2D eigenvalue weighted by Crippen LogP contribution is 2.25. The Morgan fingerprint density at radius 3 is 2.48 bits per heavy atom. The standard InChI is InChI=1S/C22H32FN3O3/c1-17(27)24-20-7-12-25(13-8-20)16-22(29)9-2-11-26(14-10-22)21(28)15-18-3-5-19(23)6-4-18/h3-6,20,29H,2,7-16H2,1H3,(H,24,27)/t22-/m1/s1. The van der Waals surface area contributed by atoms with E-state index >= 15 is 0 Å². The van der Waals surface area contributed by atoms with Crippen LogP contribution in [0.4, 0.5) is 4.39 Å². The Hall–Kier alpha value is -1.99. The van der Waals surface area contributed by atoms with Crippen LogP contribution in [0.1, 0.15) is 44.6 Å². The average Bonchev–Trinajstić information content (AvgIpc) is 2.87. The zero-order valence-corrected chi connectivity index (χ0v) is 17.2. The van der Waals surface area contributed by atoms with E-state index < -0.39 is 5.60 Å². The van der Waals surface area contributed by atoms with Gasteiger partial charge in [-0.05, 0) is 49.8 Å². The first kappa shape index (κ1) is 21.7. The largest absolute Gasteiger partial charge is 0.388 e. The maximum absolute atomic E-state index is 13.0. The lowest BCUT2D eigenvalue weighted by atomic mass is 9.93. The molecular formula is C22H32FN3O3. The molecule has 6 nitrogen and oxygen atoms in total. The summed E-state index contributed by atoms with van der Waals surface area (Å²) in [6.45, 7) is 5.07. The summed E-state index contributed by atoms with van der Waals surface area (Å²) in [6, 6.07) is 6.27.